The smallest absolute Gasteiger partial charge is 0.327 e. The van der Waals surface area contributed by atoms with Gasteiger partial charge in [0.1, 0.15) is 13.1 Å². The van der Waals surface area contributed by atoms with Crippen molar-refractivity contribution in [3.8, 4) is 10.7 Å². The maximum atomic E-state index is 12.2. The Kier molecular flexibility index (Phi) is 2.78. The minimum atomic E-state index is -0.252. The van der Waals surface area contributed by atoms with E-state index in [-0.39, 0.29) is 37.0 Å². The lowest BCUT2D eigenvalue weighted by atomic mass is 10.4. The van der Waals surface area contributed by atoms with E-state index in [0.29, 0.717) is 5.82 Å². The van der Waals surface area contributed by atoms with E-state index in [9.17, 15) is 9.59 Å². The molecule has 7 nitrogen and oxygen atoms in total. The molecule has 1 aliphatic carbocycles. The first-order valence-electron chi connectivity index (χ1n) is 6.70. The van der Waals surface area contributed by atoms with Crippen LogP contribution in [0, 0.1) is 0 Å². The second-order valence-corrected chi connectivity index (χ2v) is 6.06. The van der Waals surface area contributed by atoms with Crippen molar-refractivity contribution in [2.24, 2.45) is 0 Å². The van der Waals surface area contributed by atoms with Crippen LogP contribution in [0.2, 0.25) is 0 Å². The van der Waals surface area contributed by atoms with Gasteiger partial charge >= 0.3 is 6.03 Å². The third kappa shape index (κ3) is 2.21. The fourth-order valence-corrected chi connectivity index (χ4v) is 3.00. The molecule has 3 amide bonds. The van der Waals surface area contributed by atoms with Crippen molar-refractivity contribution in [3.05, 3.63) is 23.4 Å². The minimum absolute atomic E-state index is 0.0409. The number of hydrogen-bond donors (Lipinski definition) is 0. The first-order chi connectivity index (χ1) is 10.2. The number of carbonyl (C=O) groups is 2. The van der Waals surface area contributed by atoms with Crippen molar-refractivity contribution in [1.82, 2.24) is 19.9 Å². The van der Waals surface area contributed by atoms with Crippen LogP contribution >= 0.6 is 11.3 Å². The summed E-state index contributed by atoms with van der Waals surface area (Å²) in [7, 11) is 0. The van der Waals surface area contributed by atoms with E-state index < -0.39 is 0 Å². The number of amides is 3. The predicted molar refractivity (Wildman–Crippen MR) is 73.3 cm³/mol. The molecular formula is C13H12N4O3S. The van der Waals surface area contributed by atoms with E-state index >= 15 is 0 Å². The molecule has 0 N–H and O–H groups in total. The van der Waals surface area contributed by atoms with Gasteiger partial charge in [0.2, 0.25) is 11.7 Å². The molecular weight excluding hydrogens is 292 g/mol. The lowest BCUT2D eigenvalue weighted by molar-refractivity contribution is -0.126. The van der Waals surface area contributed by atoms with Crippen LogP contribution < -0.4 is 0 Å². The van der Waals surface area contributed by atoms with Crippen LogP contribution in [0.15, 0.2) is 22.0 Å². The van der Waals surface area contributed by atoms with E-state index in [2.05, 4.69) is 10.1 Å². The number of carbonyl (C=O) groups excluding carboxylic acids is 2. The molecule has 108 valence electrons. The second kappa shape index (κ2) is 4.66. The minimum Gasteiger partial charge on any atom is -0.337 e. The maximum absolute atomic E-state index is 12.2. The van der Waals surface area contributed by atoms with Crippen molar-refractivity contribution in [2.75, 3.05) is 6.54 Å². The lowest BCUT2D eigenvalue weighted by Gasteiger charge is -2.14. The van der Waals surface area contributed by atoms with Crippen molar-refractivity contribution in [2.45, 2.75) is 25.4 Å². The van der Waals surface area contributed by atoms with Crippen LogP contribution in [0.25, 0.3) is 10.7 Å². The third-order valence-electron chi connectivity index (χ3n) is 3.57. The van der Waals surface area contributed by atoms with Crippen molar-refractivity contribution >= 4 is 23.3 Å². The van der Waals surface area contributed by atoms with Crippen LogP contribution in [-0.2, 0) is 11.3 Å². The third-order valence-corrected chi connectivity index (χ3v) is 4.44. The van der Waals surface area contributed by atoms with E-state index in [1.165, 1.54) is 16.2 Å². The zero-order valence-electron chi connectivity index (χ0n) is 11.1. The molecule has 8 heteroatoms. The average molecular weight is 304 g/mol. The van der Waals surface area contributed by atoms with Crippen LogP contribution in [0.3, 0.4) is 0 Å². The molecule has 2 aromatic heterocycles. The highest BCUT2D eigenvalue weighted by atomic mass is 32.1. The van der Waals surface area contributed by atoms with Crippen LogP contribution in [0.4, 0.5) is 4.79 Å². The average Bonchev–Trinajstić information content (AvgIpc) is 2.90. The molecule has 4 rings (SSSR count). The van der Waals surface area contributed by atoms with E-state index in [4.69, 9.17) is 4.52 Å². The molecule has 1 aliphatic heterocycles. The van der Waals surface area contributed by atoms with Gasteiger partial charge in [0.05, 0.1) is 4.88 Å². The summed E-state index contributed by atoms with van der Waals surface area (Å²) >= 11 is 1.51. The molecule has 1 saturated heterocycles. The summed E-state index contributed by atoms with van der Waals surface area (Å²) in [5, 5.41) is 5.80. The van der Waals surface area contributed by atoms with E-state index in [0.717, 1.165) is 17.7 Å². The number of nitrogens with zero attached hydrogens (tertiary/aromatic N) is 4. The molecule has 0 spiro atoms. The van der Waals surface area contributed by atoms with Gasteiger partial charge in [-0.1, -0.05) is 11.2 Å². The molecule has 21 heavy (non-hydrogen) atoms. The summed E-state index contributed by atoms with van der Waals surface area (Å²) in [5.41, 5.74) is 0. The van der Waals surface area contributed by atoms with Gasteiger partial charge in [-0.25, -0.2) is 4.79 Å². The Bertz CT molecular complexity index is 692. The van der Waals surface area contributed by atoms with Gasteiger partial charge in [-0.15, -0.1) is 11.3 Å². The molecule has 0 atom stereocenters. The van der Waals surface area contributed by atoms with Crippen molar-refractivity contribution in [3.63, 3.8) is 0 Å². The quantitative estimate of drug-likeness (QED) is 0.804. The number of urea groups is 1. The van der Waals surface area contributed by atoms with Gasteiger partial charge in [0, 0.05) is 6.04 Å². The highest BCUT2D eigenvalue weighted by molar-refractivity contribution is 7.13. The SMILES string of the molecule is O=C1CN(C2CC2)C(=O)N1Cc1nc(-c2cccs2)no1. The fraction of sp³-hybridized carbons (Fsp3) is 0.385. The summed E-state index contributed by atoms with van der Waals surface area (Å²) in [6, 6.07) is 3.77. The standard InChI is InChI=1S/C13H12N4O3S/c18-11-7-16(8-3-4-8)13(19)17(11)6-10-14-12(15-20-10)9-2-1-5-21-9/h1-2,5,8H,3-4,6-7H2. The van der Waals surface area contributed by atoms with Gasteiger partial charge in [0.25, 0.3) is 5.91 Å². The lowest BCUT2D eigenvalue weighted by Crippen LogP contribution is -2.33. The predicted octanol–water partition coefficient (Wildman–Crippen LogP) is 1.72. The summed E-state index contributed by atoms with van der Waals surface area (Å²) in [4.78, 5) is 32.1. The zero-order valence-corrected chi connectivity index (χ0v) is 11.9. The van der Waals surface area contributed by atoms with Crippen LogP contribution in [-0.4, -0.2) is 44.5 Å². The number of imide groups is 1. The molecule has 2 fully saturated rings. The Balaban J connectivity index is 1.51. The fourth-order valence-electron chi connectivity index (χ4n) is 2.35. The molecule has 2 aliphatic rings. The van der Waals surface area contributed by atoms with E-state index in [1.807, 2.05) is 17.5 Å². The number of hydrogen-bond acceptors (Lipinski definition) is 6. The number of aromatic nitrogens is 2. The summed E-state index contributed by atoms with van der Waals surface area (Å²) < 4.78 is 5.14. The summed E-state index contributed by atoms with van der Waals surface area (Å²) in [5.74, 6) is 0.554. The Hall–Kier alpha value is -2.22. The topological polar surface area (TPSA) is 79.5 Å². The van der Waals surface area contributed by atoms with Crippen LogP contribution in [0.5, 0.6) is 0 Å². The van der Waals surface area contributed by atoms with Gasteiger partial charge in [-0.2, -0.15) is 4.98 Å². The normalized spacial score (nSPS) is 18.9. The molecule has 0 unspecified atom stereocenters. The summed E-state index contributed by atoms with van der Waals surface area (Å²) in [6.07, 6.45) is 1.96. The first kappa shape index (κ1) is 12.5. The van der Waals surface area contributed by atoms with Crippen molar-refractivity contribution < 1.29 is 14.1 Å². The Morgan fingerprint density at radius 1 is 1.38 bits per heavy atom. The van der Waals surface area contributed by atoms with Gasteiger partial charge in [-0.05, 0) is 24.3 Å². The molecule has 0 radical (unpaired) electrons. The zero-order chi connectivity index (χ0) is 14.4. The number of rotatable bonds is 4. The Morgan fingerprint density at radius 2 is 2.24 bits per heavy atom. The van der Waals surface area contributed by atoms with Gasteiger partial charge in [0.15, 0.2) is 0 Å². The highest BCUT2D eigenvalue weighted by Crippen LogP contribution is 2.31. The summed E-state index contributed by atoms with van der Waals surface area (Å²) in [6.45, 7) is 0.203. The Morgan fingerprint density at radius 3 is 2.95 bits per heavy atom. The highest BCUT2D eigenvalue weighted by Gasteiger charge is 2.44. The molecule has 2 aromatic rings. The molecule has 0 bridgehead atoms. The monoisotopic (exact) mass is 304 g/mol. The molecule has 3 heterocycles. The molecule has 1 saturated carbocycles. The first-order valence-corrected chi connectivity index (χ1v) is 7.58. The molecule has 0 aromatic carbocycles. The van der Waals surface area contributed by atoms with Crippen molar-refractivity contribution in [1.29, 1.82) is 0 Å². The van der Waals surface area contributed by atoms with Crippen LogP contribution in [0.1, 0.15) is 18.7 Å². The second-order valence-electron chi connectivity index (χ2n) is 5.11. The van der Waals surface area contributed by atoms with Gasteiger partial charge in [-0.3, -0.25) is 9.69 Å². The van der Waals surface area contributed by atoms with E-state index in [1.54, 1.807) is 4.90 Å². The number of thiophene rings is 1. The largest absolute Gasteiger partial charge is 0.337 e. The maximum Gasteiger partial charge on any atom is 0.327 e. The Labute approximate surface area is 124 Å². The van der Waals surface area contributed by atoms with Gasteiger partial charge < -0.3 is 9.42 Å².